The van der Waals surface area contributed by atoms with E-state index < -0.39 is 0 Å². The van der Waals surface area contributed by atoms with E-state index in [0.717, 1.165) is 36.2 Å². The van der Waals surface area contributed by atoms with Crippen LogP contribution in [0.2, 0.25) is 0 Å². The van der Waals surface area contributed by atoms with Crippen LogP contribution in [0, 0.1) is 0 Å². The predicted molar refractivity (Wildman–Crippen MR) is 109 cm³/mol. The van der Waals surface area contributed by atoms with Gasteiger partial charge in [0, 0.05) is 23.5 Å². The summed E-state index contributed by atoms with van der Waals surface area (Å²) in [5, 5.41) is 5.67. The van der Waals surface area contributed by atoms with E-state index in [1.165, 1.54) is 7.11 Å². The fraction of sp³-hybridized carbons (Fsp3) is 0.318. The van der Waals surface area contributed by atoms with Gasteiger partial charge in [0.25, 0.3) is 5.91 Å². The molecule has 0 unspecified atom stereocenters. The van der Waals surface area contributed by atoms with Gasteiger partial charge in [-0.25, -0.2) is 0 Å². The number of likely N-dealkylation sites (tertiary alicyclic amines) is 1. The molecule has 2 amide bonds. The van der Waals surface area contributed by atoms with Crippen LogP contribution in [0.3, 0.4) is 0 Å². The van der Waals surface area contributed by atoms with E-state index in [9.17, 15) is 14.4 Å². The number of fused-ring (bicyclic) bond motifs is 1. The van der Waals surface area contributed by atoms with Crippen LogP contribution in [0.5, 0.6) is 0 Å². The number of hydrogen-bond donors (Lipinski definition) is 2. The molecule has 2 aromatic carbocycles. The van der Waals surface area contributed by atoms with Crippen LogP contribution >= 0.6 is 0 Å². The Morgan fingerprint density at radius 1 is 1.24 bits per heavy atom. The van der Waals surface area contributed by atoms with E-state index in [4.69, 9.17) is 4.74 Å². The van der Waals surface area contributed by atoms with Gasteiger partial charge in [0.1, 0.15) is 6.04 Å². The number of benzene rings is 2. The maximum absolute atomic E-state index is 12.7. The van der Waals surface area contributed by atoms with Crippen molar-refractivity contribution in [2.24, 2.45) is 0 Å². The third-order valence-electron chi connectivity index (χ3n) is 5.40. The fourth-order valence-corrected chi connectivity index (χ4v) is 3.97. The molecule has 29 heavy (non-hydrogen) atoms. The molecule has 7 heteroatoms. The fourth-order valence-electron chi connectivity index (χ4n) is 3.97. The molecule has 0 saturated carbocycles. The molecule has 7 nitrogen and oxygen atoms in total. The number of rotatable bonds is 5. The summed E-state index contributed by atoms with van der Waals surface area (Å²) in [6.07, 6.45) is 2.07. The van der Waals surface area contributed by atoms with E-state index in [2.05, 4.69) is 15.5 Å². The Morgan fingerprint density at radius 2 is 2.10 bits per heavy atom. The van der Waals surface area contributed by atoms with Gasteiger partial charge in [-0.2, -0.15) is 0 Å². The topological polar surface area (TPSA) is 87.7 Å². The molecule has 0 aromatic heterocycles. The molecule has 150 valence electrons. The van der Waals surface area contributed by atoms with E-state index in [1.807, 2.05) is 24.3 Å². The number of nitrogens with one attached hydrogen (secondary N) is 2. The summed E-state index contributed by atoms with van der Waals surface area (Å²) in [7, 11) is 1.41. The van der Waals surface area contributed by atoms with Gasteiger partial charge >= 0.3 is 5.97 Å². The van der Waals surface area contributed by atoms with Crippen molar-refractivity contribution in [3.63, 3.8) is 0 Å². The number of carbonyl (C=O) groups excluding carboxylic acids is 3. The summed E-state index contributed by atoms with van der Waals surface area (Å²) in [5.41, 5.74) is 3.84. The molecule has 2 N–H and O–H groups in total. The smallest absolute Gasteiger partial charge is 0.323 e. The molecule has 0 bridgehead atoms. The van der Waals surface area contributed by atoms with Crippen molar-refractivity contribution >= 4 is 29.2 Å². The Kier molecular flexibility index (Phi) is 5.31. The van der Waals surface area contributed by atoms with Crippen LogP contribution in [0.25, 0.3) is 0 Å². The lowest BCUT2D eigenvalue weighted by Crippen LogP contribution is -2.36. The second-order valence-electron chi connectivity index (χ2n) is 7.40. The molecular formula is C22H23N3O4. The highest BCUT2D eigenvalue weighted by atomic mass is 16.5. The lowest BCUT2D eigenvalue weighted by atomic mass is 10.1. The Balaban J connectivity index is 1.44. The third kappa shape index (κ3) is 4.14. The number of carbonyl (C=O) groups is 3. The second kappa shape index (κ2) is 8.05. The Hall–Kier alpha value is -3.19. The standard InChI is InChI=1S/C22H23N3O4/c1-29-22(28)19-6-3-9-25(19)13-14-4-2-5-15(10-14)21(27)23-17-7-8-18-16(11-17)12-20(26)24-18/h2,4-5,7-8,10-11,19H,3,6,9,12-13H2,1H3,(H,23,27)(H,24,26)/t19-/m1/s1. The van der Waals surface area contributed by atoms with Gasteiger partial charge in [-0.3, -0.25) is 19.3 Å². The lowest BCUT2D eigenvalue weighted by Gasteiger charge is -2.22. The zero-order valence-electron chi connectivity index (χ0n) is 16.2. The highest BCUT2D eigenvalue weighted by Crippen LogP contribution is 2.26. The molecule has 4 rings (SSSR count). The van der Waals surface area contributed by atoms with Crippen molar-refractivity contribution in [2.45, 2.75) is 31.8 Å². The molecular weight excluding hydrogens is 370 g/mol. The van der Waals surface area contributed by atoms with Gasteiger partial charge in [0.2, 0.25) is 5.91 Å². The average Bonchev–Trinajstić information content (AvgIpc) is 3.32. The van der Waals surface area contributed by atoms with Crippen LogP contribution in [0.4, 0.5) is 11.4 Å². The monoisotopic (exact) mass is 393 g/mol. The molecule has 1 saturated heterocycles. The molecule has 2 aliphatic heterocycles. The Labute approximate surface area is 169 Å². The summed E-state index contributed by atoms with van der Waals surface area (Å²) in [4.78, 5) is 38.2. The van der Waals surface area contributed by atoms with Crippen molar-refractivity contribution in [1.82, 2.24) is 4.90 Å². The minimum Gasteiger partial charge on any atom is -0.468 e. The van der Waals surface area contributed by atoms with Crippen LogP contribution in [-0.4, -0.2) is 42.4 Å². The maximum atomic E-state index is 12.7. The van der Waals surface area contributed by atoms with Crippen molar-refractivity contribution in [2.75, 3.05) is 24.3 Å². The predicted octanol–water partition coefficient (Wildman–Crippen LogP) is 2.57. The van der Waals surface area contributed by atoms with E-state index in [0.29, 0.717) is 24.2 Å². The zero-order chi connectivity index (χ0) is 20.4. The molecule has 1 atom stereocenters. The van der Waals surface area contributed by atoms with Gasteiger partial charge in [0.15, 0.2) is 0 Å². The first-order valence-electron chi connectivity index (χ1n) is 9.68. The number of anilines is 2. The first-order chi connectivity index (χ1) is 14.0. The molecule has 2 aromatic rings. The quantitative estimate of drug-likeness (QED) is 0.763. The van der Waals surface area contributed by atoms with Crippen LogP contribution in [0.15, 0.2) is 42.5 Å². The van der Waals surface area contributed by atoms with E-state index in [-0.39, 0.29) is 23.8 Å². The maximum Gasteiger partial charge on any atom is 0.323 e. The molecule has 0 radical (unpaired) electrons. The van der Waals surface area contributed by atoms with Crippen LogP contribution in [0.1, 0.15) is 34.3 Å². The average molecular weight is 393 g/mol. The summed E-state index contributed by atoms with van der Waals surface area (Å²) in [6.45, 7) is 1.42. The highest BCUT2D eigenvalue weighted by Gasteiger charge is 2.31. The molecule has 0 aliphatic carbocycles. The number of nitrogens with zero attached hydrogens (tertiary/aromatic N) is 1. The van der Waals surface area contributed by atoms with E-state index in [1.54, 1.807) is 18.2 Å². The first kappa shape index (κ1) is 19.1. The minimum atomic E-state index is -0.222. The number of ether oxygens (including phenoxy) is 1. The number of methoxy groups -OCH3 is 1. The lowest BCUT2D eigenvalue weighted by molar-refractivity contribution is -0.146. The minimum absolute atomic E-state index is 0.0386. The van der Waals surface area contributed by atoms with Crippen LogP contribution < -0.4 is 10.6 Å². The van der Waals surface area contributed by atoms with Crippen molar-refractivity contribution in [3.05, 3.63) is 59.2 Å². The molecule has 0 spiro atoms. The second-order valence-corrected chi connectivity index (χ2v) is 7.40. The summed E-state index contributed by atoms with van der Waals surface area (Å²) in [5.74, 6) is -0.459. The summed E-state index contributed by atoms with van der Waals surface area (Å²) < 4.78 is 4.90. The van der Waals surface area contributed by atoms with Gasteiger partial charge in [0.05, 0.1) is 13.5 Å². The van der Waals surface area contributed by atoms with Gasteiger partial charge in [-0.15, -0.1) is 0 Å². The summed E-state index contributed by atoms with van der Waals surface area (Å²) >= 11 is 0. The van der Waals surface area contributed by atoms with Crippen molar-refractivity contribution in [3.8, 4) is 0 Å². The molecule has 2 heterocycles. The number of amides is 2. The largest absolute Gasteiger partial charge is 0.468 e. The molecule has 2 aliphatic rings. The van der Waals surface area contributed by atoms with Gasteiger partial charge in [-0.05, 0) is 60.8 Å². The number of esters is 1. The van der Waals surface area contributed by atoms with E-state index >= 15 is 0 Å². The zero-order valence-corrected chi connectivity index (χ0v) is 16.2. The normalized spacial score (nSPS) is 18.2. The molecule has 1 fully saturated rings. The third-order valence-corrected chi connectivity index (χ3v) is 5.40. The van der Waals surface area contributed by atoms with Crippen molar-refractivity contribution < 1.29 is 19.1 Å². The van der Waals surface area contributed by atoms with Gasteiger partial charge < -0.3 is 15.4 Å². The Bertz CT molecular complexity index is 972. The van der Waals surface area contributed by atoms with Crippen molar-refractivity contribution in [1.29, 1.82) is 0 Å². The first-order valence-corrected chi connectivity index (χ1v) is 9.68. The van der Waals surface area contributed by atoms with Gasteiger partial charge in [-0.1, -0.05) is 12.1 Å². The number of hydrogen-bond acceptors (Lipinski definition) is 5. The Morgan fingerprint density at radius 3 is 2.93 bits per heavy atom. The summed E-state index contributed by atoms with van der Waals surface area (Å²) in [6, 6.07) is 12.6. The SMILES string of the molecule is COC(=O)[C@H]1CCCN1Cc1cccc(C(=O)Nc2ccc3c(c2)CC(=O)N3)c1. The van der Waals surface area contributed by atoms with Crippen LogP contribution in [-0.2, 0) is 27.3 Å². The highest BCUT2D eigenvalue weighted by molar-refractivity contribution is 6.05.